The van der Waals surface area contributed by atoms with Gasteiger partial charge >= 0.3 is 0 Å². The van der Waals surface area contributed by atoms with Crippen LogP contribution in [0.2, 0.25) is 5.02 Å². The highest BCUT2D eigenvalue weighted by Gasteiger charge is 2.16. The van der Waals surface area contributed by atoms with E-state index in [0.29, 0.717) is 22.9 Å². The van der Waals surface area contributed by atoms with E-state index >= 15 is 0 Å². The number of pyridine rings is 1. The van der Waals surface area contributed by atoms with Gasteiger partial charge in [0, 0.05) is 23.8 Å². The molecule has 0 aliphatic carbocycles. The molecule has 6 heteroatoms. The number of fused-ring (bicyclic) bond motifs is 1. The second kappa shape index (κ2) is 7.32. The number of carbonyl (C=O) groups is 1. The number of nitrogens with one attached hydrogen (secondary N) is 1. The molecule has 1 aliphatic rings. The zero-order valence-electron chi connectivity index (χ0n) is 13.5. The van der Waals surface area contributed by atoms with Gasteiger partial charge in [0.15, 0.2) is 0 Å². The second-order valence-corrected chi connectivity index (χ2v) is 6.57. The van der Waals surface area contributed by atoms with E-state index in [1.165, 1.54) is 25.9 Å². The molecule has 0 unspecified atom stereocenters. The molecule has 2 aromatic rings. The van der Waals surface area contributed by atoms with E-state index in [-0.39, 0.29) is 5.91 Å². The van der Waals surface area contributed by atoms with Crippen molar-refractivity contribution >= 4 is 23.2 Å². The largest absolute Gasteiger partial charge is 0.351 e. The molecule has 0 atom stereocenters. The standard InChI is InChI=1S/C17H23ClN4O/c1-13-16(22-11-6-14(18)12-15(22)20-13)17(23)19-7-2-3-8-21-9-4-5-10-21/h6,11-12H,2-5,7-10H2,1H3,(H,19,23). The summed E-state index contributed by atoms with van der Waals surface area (Å²) in [5.74, 6) is -0.0708. The van der Waals surface area contributed by atoms with Gasteiger partial charge in [0.1, 0.15) is 11.3 Å². The van der Waals surface area contributed by atoms with Crippen molar-refractivity contribution < 1.29 is 4.79 Å². The number of hydrogen-bond acceptors (Lipinski definition) is 3. The Morgan fingerprint density at radius 1 is 1.35 bits per heavy atom. The zero-order valence-corrected chi connectivity index (χ0v) is 14.3. The number of hydrogen-bond donors (Lipinski definition) is 1. The van der Waals surface area contributed by atoms with Gasteiger partial charge in [-0.05, 0) is 58.3 Å². The van der Waals surface area contributed by atoms with Gasteiger partial charge in [0.25, 0.3) is 5.91 Å². The van der Waals surface area contributed by atoms with Gasteiger partial charge in [-0.3, -0.25) is 9.20 Å². The summed E-state index contributed by atoms with van der Waals surface area (Å²) in [5.41, 5.74) is 2.02. The second-order valence-electron chi connectivity index (χ2n) is 6.13. The van der Waals surface area contributed by atoms with Crippen molar-refractivity contribution in [1.82, 2.24) is 19.6 Å². The van der Waals surface area contributed by atoms with Crippen molar-refractivity contribution in [3.8, 4) is 0 Å². The first-order valence-corrected chi connectivity index (χ1v) is 8.68. The molecule has 1 fully saturated rings. The van der Waals surface area contributed by atoms with E-state index in [1.54, 1.807) is 22.7 Å². The van der Waals surface area contributed by atoms with Gasteiger partial charge in [-0.1, -0.05) is 11.6 Å². The van der Waals surface area contributed by atoms with Crippen molar-refractivity contribution in [3.05, 3.63) is 34.7 Å². The van der Waals surface area contributed by atoms with E-state index in [4.69, 9.17) is 11.6 Å². The molecule has 1 N–H and O–H groups in total. The number of unbranched alkanes of at least 4 members (excludes halogenated alkanes) is 1. The monoisotopic (exact) mass is 334 g/mol. The van der Waals surface area contributed by atoms with Gasteiger partial charge in [-0.2, -0.15) is 0 Å². The van der Waals surface area contributed by atoms with Crippen molar-refractivity contribution in [3.63, 3.8) is 0 Å². The number of aromatic nitrogens is 2. The molecule has 124 valence electrons. The van der Waals surface area contributed by atoms with Gasteiger partial charge in [0.2, 0.25) is 0 Å². The van der Waals surface area contributed by atoms with Crippen molar-refractivity contribution in [1.29, 1.82) is 0 Å². The molecule has 0 radical (unpaired) electrons. The van der Waals surface area contributed by atoms with E-state index in [0.717, 1.165) is 25.1 Å². The van der Waals surface area contributed by atoms with Crippen LogP contribution in [-0.4, -0.2) is 46.4 Å². The molecule has 0 aromatic carbocycles. The molecule has 23 heavy (non-hydrogen) atoms. The SMILES string of the molecule is Cc1nc2cc(Cl)ccn2c1C(=O)NCCCCN1CCCC1. The Bertz CT molecular complexity index is 691. The van der Waals surface area contributed by atoms with Crippen molar-refractivity contribution in [2.24, 2.45) is 0 Å². The summed E-state index contributed by atoms with van der Waals surface area (Å²) in [7, 11) is 0. The third kappa shape index (κ3) is 3.85. The van der Waals surface area contributed by atoms with E-state index in [9.17, 15) is 4.79 Å². The first-order chi connectivity index (χ1) is 11.1. The van der Waals surface area contributed by atoms with Gasteiger partial charge in [-0.25, -0.2) is 4.98 Å². The number of rotatable bonds is 6. The summed E-state index contributed by atoms with van der Waals surface area (Å²) in [4.78, 5) is 19.3. The lowest BCUT2D eigenvalue weighted by molar-refractivity contribution is 0.0946. The fourth-order valence-corrected chi connectivity index (χ4v) is 3.32. The first-order valence-electron chi connectivity index (χ1n) is 8.30. The van der Waals surface area contributed by atoms with Crippen LogP contribution >= 0.6 is 11.6 Å². The first kappa shape index (κ1) is 16.3. The molecular weight excluding hydrogens is 312 g/mol. The fourth-order valence-electron chi connectivity index (χ4n) is 3.16. The van der Waals surface area contributed by atoms with Crippen molar-refractivity contribution in [2.45, 2.75) is 32.6 Å². The van der Waals surface area contributed by atoms with Gasteiger partial charge in [0.05, 0.1) is 5.69 Å². The minimum atomic E-state index is -0.0708. The average molecular weight is 335 g/mol. The predicted molar refractivity (Wildman–Crippen MR) is 92.2 cm³/mol. The minimum Gasteiger partial charge on any atom is -0.351 e. The van der Waals surface area contributed by atoms with Crippen LogP contribution < -0.4 is 5.32 Å². The number of imidazole rings is 1. The van der Waals surface area contributed by atoms with Crippen LogP contribution in [0.3, 0.4) is 0 Å². The number of carbonyl (C=O) groups excluding carboxylic acids is 1. The molecule has 0 saturated carbocycles. The summed E-state index contributed by atoms with van der Waals surface area (Å²) in [6, 6.07) is 3.53. The number of likely N-dealkylation sites (tertiary alicyclic amines) is 1. The topological polar surface area (TPSA) is 49.6 Å². The van der Waals surface area contributed by atoms with Crippen molar-refractivity contribution in [2.75, 3.05) is 26.2 Å². The minimum absolute atomic E-state index is 0.0708. The maximum Gasteiger partial charge on any atom is 0.270 e. The highest BCUT2D eigenvalue weighted by molar-refractivity contribution is 6.30. The molecule has 1 amide bonds. The lowest BCUT2D eigenvalue weighted by Crippen LogP contribution is -2.27. The number of halogens is 1. The average Bonchev–Trinajstić information content (AvgIpc) is 3.13. The third-order valence-electron chi connectivity index (χ3n) is 4.36. The maximum atomic E-state index is 12.4. The number of aryl methyl sites for hydroxylation is 1. The molecule has 2 aromatic heterocycles. The van der Waals surface area contributed by atoms with E-state index in [2.05, 4.69) is 15.2 Å². The summed E-state index contributed by atoms with van der Waals surface area (Å²) >= 11 is 5.97. The molecule has 0 spiro atoms. The van der Waals surface area contributed by atoms with E-state index in [1.807, 2.05) is 6.92 Å². The molecule has 1 saturated heterocycles. The summed E-state index contributed by atoms with van der Waals surface area (Å²) in [6.07, 6.45) is 6.58. The fraction of sp³-hybridized carbons (Fsp3) is 0.529. The summed E-state index contributed by atoms with van der Waals surface area (Å²) in [6.45, 7) is 6.16. The Balaban J connectivity index is 1.53. The summed E-state index contributed by atoms with van der Waals surface area (Å²) < 4.78 is 1.79. The Hall–Kier alpha value is -1.59. The Morgan fingerprint density at radius 2 is 2.13 bits per heavy atom. The molecule has 5 nitrogen and oxygen atoms in total. The van der Waals surface area contributed by atoms with Gasteiger partial charge < -0.3 is 10.2 Å². The normalized spacial score (nSPS) is 15.4. The lowest BCUT2D eigenvalue weighted by Gasteiger charge is -2.14. The van der Waals surface area contributed by atoms with Crippen LogP contribution in [0.1, 0.15) is 41.9 Å². The number of nitrogens with zero attached hydrogens (tertiary/aromatic N) is 3. The molecule has 3 heterocycles. The molecule has 3 rings (SSSR count). The summed E-state index contributed by atoms with van der Waals surface area (Å²) in [5, 5.41) is 3.63. The predicted octanol–water partition coefficient (Wildman–Crippen LogP) is 2.90. The lowest BCUT2D eigenvalue weighted by atomic mass is 10.2. The third-order valence-corrected chi connectivity index (χ3v) is 4.60. The number of amides is 1. The van der Waals surface area contributed by atoms with Crippen LogP contribution in [0.25, 0.3) is 5.65 Å². The zero-order chi connectivity index (χ0) is 16.2. The van der Waals surface area contributed by atoms with Gasteiger partial charge in [-0.15, -0.1) is 0 Å². The Kier molecular flexibility index (Phi) is 5.18. The smallest absolute Gasteiger partial charge is 0.270 e. The highest BCUT2D eigenvalue weighted by atomic mass is 35.5. The Labute approximate surface area is 141 Å². The van der Waals surface area contributed by atoms with Crippen LogP contribution in [-0.2, 0) is 0 Å². The molecular formula is C17H23ClN4O. The van der Waals surface area contributed by atoms with E-state index < -0.39 is 0 Å². The van der Waals surface area contributed by atoms with Crippen LogP contribution in [0.4, 0.5) is 0 Å². The van der Waals surface area contributed by atoms with Crippen LogP contribution in [0, 0.1) is 6.92 Å². The molecule has 0 bridgehead atoms. The molecule has 1 aliphatic heterocycles. The highest BCUT2D eigenvalue weighted by Crippen LogP contribution is 2.16. The van der Waals surface area contributed by atoms with Crippen LogP contribution in [0.5, 0.6) is 0 Å². The Morgan fingerprint density at radius 3 is 2.91 bits per heavy atom. The van der Waals surface area contributed by atoms with Crippen LogP contribution in [0.15, 0.2) is 18.3 Å². The quantitative estimate of drug-likeness (QED) is 0.826. The maximum absolute atomic E-state index is 12.4.